The number of benzene rings is 2. The fraction of sp³-hybridized carbons (Fsp3) is 0.400. The topological polar surface area (TPSA) is 92.8 Å². The second kappa shape index (κ2) is 8.73. The highest BCUT2D eigenvalue weighted by molar-refractivity contribution is 7.92. The Morgan fingerprint density at radius 3 is 2.59 bits per heavy atom. The second-order valence-corrected chi connectivity index (χ2v) is 10.7. The molecule has 0 radical (unpaired) electrons. The van der Waals surface area contributed by atoms with Gasteiger partial charge < -0.3 is 4.74 Å². The van der Waals surface area contributed by atoms with Crippen molar-refractivity contribution in [2.45, 2.75) is 38.1 Å². The van der Waals surface area contributed by atoms with Crippen LogP contribution in [-0.2, 0) is 26.6 Å². The van der Waals surface area contributed by atoms with Crippen molar-refractivity contribution in [2.75, 3.05) is 23.2 Å². The number of anilines is 1. The second-order valence-electron chi connectivity index (χ2n) is 6.91. The van der Waals surface area contributed by atoms with Gasteiger partial charge in [0.25, 0.3) is 0 Å². The fourth-order valence-corrected chi connectivity index (χ4v) is 6.07. The molecule has 0 spiro atoms. The highest BCUT2D eigenvalue weighted by atomic mass is 32.2. The van der Waals surface area contributed by atoms with Gasteiger partial charge in [0.1, 0.15) is 10.6 Å². The predicted molar refractivity (Wildman–Crippen MR) is 113 cm³/mol. The molecule has 9 heteroatoms. The number of aryl methyl sites for hydroxylation is 1. The Kier molecular flexibility index (Phi) is 6.50. The van der Waals surface area contributed by atoms with Gasteiger partial charge in [-0.05, 0) is 56.0 Å². The number of hydrogen-bond donors (Lipinski definition) is 1. The molecule has 2 aromatic rings. The normalized spacial score (nSPS) is 16.6. The molecule has 0 bridgehead atoms. The lowest BCUT2D eigenvalue weighted by molar-refractivity contribution is 0.331. The molecule has 1 saturated heterocycles. The van der Waals surface area contributed by atoms with Crippen LogP contribution in [0, 0.1) is 6.92 Å². The highest BCUT2D eigenvalue weighted by Crippen LogP contribution is 2.32. The zero-order chi connectivity index (χ0) is 21.1. The summed E-state index contributed by atoms with van der Waals surface area (Å²) in [5, 5.41) is 0. The maximum Gasteiger partial charge on any atom is 0.244 e. The molecule has 7 nitrogen and oxygen atoms in total. The first kappa shape index (κ1) is 21.6. The van der Waals surface area contributed by atoms with Crippen LogP contribution in [-0.4, -0.2) is 35.7 Å². The number of nitrogens with zero attached hydrogens (tertiary/aromatic N) is 1. The van der Waals surface area contributed by atoms with Crippen molar-refractivity contribution in [3.63, 3.8) is 0 Å². The monoisotopic (exact) mass is 438 g/mol. The van der Waals surface area contributed by atoms with Gasteiger partial charge in [0.15, 0.2) is 0 Å². The minimum Gasteiger partial charge on any atom is -0.492 e. The van der Waals surface area contributed by atoms with Crippen LogP contribution in [0.4, 0.5) is 5.69 Å². The maximum atomic E-state index is 13.0. The molecule has 158 valence electrons. The Hall–Kier alpha value is -2.10. The van der Waals surface area contributed by atoms with Crippen LogP contribution in [0.3, 0.4) is 0 Å². The number of sulfonamides is 2. The van der Waals surface area contributed by atoms with Crippen molar-refractivity contribution in [2.24, 2.45) is 0 Å². The summed E-state index contributed by atoms with van der Waals surface area (Å²) < 4.78 is 60.4. The summed E-state index contributed by atoms with van der Waals surface area (Å²) in [4.78, 5) is -0.0637. The predicted octanol–water partition coefficient (Wildman–Crippen LogP) is 2.80. The molecule has 2 aromatic carbocycles. The lowest BCUT2D eigenvalue weighted by Gasteiger charge is -2.28. The summed E-state index contributed by atoms with van der Waals surface area (Å²) in [6.07, 6.45) is 1.35. The third-order valence-corrected chi connectivity index (χ3v) is 8.16. The maximum absolute atomic E-state index is 13.0. The van der Waals surface area contributed by atoms with Crippen molar-refractivity contribution >= 4 is 25.7 Å². The molecule has 1 aliphatic heterocycles. The van der Waals surface area contributed by atoms with Crippen molar-refractivity contribution in [3.05, 3.63) is 53.6 Å². The van der Waals surface area contributed by atoms with E-state index < -0.39 is 20.0 Å². The largest absolute Gasteiger partial charge is 0.492 e. The van der Waals surface area contributed by atoms with Crippen molar-refractivity contribution in [1.29, 1.82) is 0 Å². The van der Waals surface area contributed by atoms with E-state index in [-0.39, 0.29) is 22.9 Å². The molecule has 0 aliphatic carbocycles. The number of hydrogen-bond acceptors (Lipinski definition) is 5. The molecule has 0 amide bonds. The van der Waals surface area contributed by atoms with E-state index in [9.17, 15) is 16.8 Å². The minimum absolute atomic E-state index is 0.0633. The molecule has 0 atom stereocenters. The van der Waals surface area contributed by atoms with Crippen molar-refractivity contribution < 1.29 is 21.6 Å². The standard InChI is InChI=1S/C20H26N2O5S2/c1-3-27-19-11-10-18(22-12-6-7-13-28(22,23)24)14-20(19)29(25,26)21-15-17-9-5-4-8-16(17)2/h4-5,8-11,14,21H,3,6-7,12-13,15H2,1-2H3. The number of nitrogens with one attached hydrogen (secondary N) is 1. The van der Waals surface area contributed by atoms with Gasteiger partial charge in [-0.2, -0.15) is 0 Å². The van der Waals surface area contributed by atoms with Crippen LogP contribution in [0.2, 0.25) is 0 Å². The average Bonchev–Trinajstić information content (AvgIpc) is 2.68. The Balaban J connectivity index is 1.95. The summed E-state index contributed by atoms with van der Waals surface area (Å²) in [7, 11) is -7.37. The fourth-order valence-electron chi connectivity index (χ4n) is 3.27. The summed E-state index contributed by atoms with van der Waals surface area (Å²) in [6.45, 7) is 4.44. The van der Waals surface area contributed by atoms with Gasteiger partial charge in [-0.25, -0.2) is 21.6 Å². The van der Waals surface area contributed by atoms with E-state index in [0.717, 1.165) is 17.5 Å². The van der Waals surface area contributed by atoms with Gasteiger partial charge in [-0.15, -0.1) is 0 Å². The summed E-state index contributed by atoms with van der Waals surface area (Å²) >= 11 is 0. The molecule has 1 aliphatic rings. The summed E-state index contributed by atoms with van der Waals surface area (Å²) in [5.41, 5.74) is 2.18. The van der Waals surface area contributed by atoms with E-state index in [1.54, 1.807) is 13.0 Å². The van der Waals surface area contributed by atoms with Crippen molar-refractivity contribution in [1.82, 2.24) is 4.72 Å². The zero-order valence-electron chi connectivity index (χ0n) is 16.6. The van der Waals surface area contributed by atoms with E-state index in [1.807, 2.05) is 31.2 Å². The van der Waals surface area contributed by atoms with Gasteiger partial charge >= 0.3 is 0 Å². The van der Waals surface area contributed by atoms with E-state index in [4.69, 9.17) is 4.74 Å². The minimum atomic E-state index is -3.92. The number of ether oxygens (including phenoxy) is 1. The van der Waals surface area contributed by atoms with Gasteiger partial charge in [0.2, 0.25) is 20.0 Å². The van der Waals surface area contributed by atoms with Gasteiger partial charge in [-0.3, -0.25) is 4.31 Å². The molecular weight excluding hydrogens is 412 g/mol. The summed E-state index contributed by atoms with van der Waals surface area (Å²) in [5.74, 6) is 0.260. The van der Waals surface area contributed by atoms with Crippen LogP contribution in [0.5, 0.6) is 5.75 Å². The molecule has 0 aromatic heterocycles. The van der Waals surface area contributed by atoms with Crippen LogP contribution >= 0.6 is 0 Å². The van der Waals surface area contributed by atoms with E-state index >= 15 is 0 Å². The smallest absolute Gasteiger partial charge is 0.244 e. The van der Waals surface area contributed by atoms with E-state index in [2.05, 4.69) is 4.72 Å². The Bertz CT molecular complexity index is 1080. The van der Waals surface area contributed by atoms with E-state index in [1.165, 1.54) is 16.4 Å². The first-order valence-electron chi connectivity index (χ1n) is 9.56. The van der Waals surface area contributed by atoms with Crippen LogP contribution < -0.4 is 13.8 Å². The van der Waals surface area contributed by atoms with Crippen molar-refractivity contribution in [3.8, 4) is 5.75 Å². The van der Waals surface area contributed by atoms with Crippen LogP contribution in [0.1, 0.15) is 30.9 Å². The molecule has 1 fully saturated rings. The molecular formula is C20H26N2O5S2. The lowest BCUT2D eigenvalue weighted by atomic mass is 10.1. The highest BCUT2D eigenvalue weighted by Gasteiger charge is 2.28. The van der Waals surface area contributed by atoms with Gasteiger partial charge in [-0.1, -0.05) is 24.3 Å². The zero-order valence-corrected chi connectivity index (χ0v) is 18.2. The quantitative estimate of drug-likeness (QED) is 0.718. The third-order valence-electron chi connectivity index (χ3n) is 4.87. The average molecular weight is 439 g/mol. The van der Waals surface area contributed by atoms with Gasteiger partial charge in [0.05, 0.1) is 18.0 Å². The Morgan fingerprint density at radius 2 is 1.90 bits per heavy atom. The molecule has 0 unspecified atom stereocenters. The SMILES string of the molecule is CCOc1ccc(N2CCCCS2(=O)=O)cc1S(=O)(=O)NCc1ccccc1C. The molecule has 3 rings (SSSR count). The van der Waals surface area contributed by atoms with Crippen LogP contribution in [0.15, 0.2) is 47.4 Å². The Morgan fingerprint density at radius 1 is 1.14 bits per heavy atom. The molecule has 29 heavy (non-hydrogen) atoms. The first-order chi connectivity index (χ1) is 13.7. The lowest BCUT2D eigenvalue weighted by Crippen LogP contribution is -2.38. The van der Waals surface area contributed by atoms with E-state index in [0.29, 0.717) is 25.3 Å². The first-order valence-corrected chi connectivity index (χ1v) is 12.7. The van der Waals surface area contributed by atoms with Crippen LogP contribution in [0.25, 0.3) is 0 Å². The summed E-state index contributed by atoms with van der Waals surface area (Å²) in [6, 6.07) is 12.0. The van der Waals surface area contributed by atoms with Gasteiger partial charge in [0, 0.05) is 13.1 Å². The molecule has 1 heterocycles. The Labute approximate surface area is 172 Å². The molecule has 1 N–H and O–H groups in total. The number of rotatable bonds is 7. The molecule has 0 saturated carbocycles. The third kappa shape index (κ3) is 4.91.